The van der Waals surface area contributed by atoms with Crippen molar-refractivity contribution >= 4 is 48.5 Å². The Morgan fingerprint density at radius 2 is 1.86 bits per heavy atom. The molecule has 2 N–H and O–H groups in total. The maximum absolute atomic E-state index is 5.90. The van der Waals surface area contributed by atoms with Gasteiger partial charge in [0.25, 0.3) is 0 Å². The predicted molar refractivity (Wildman–Crippen MR) is 91.3 cm³/mol. The first-order valence-corrected chi connectivity index (χ1v) is 7.93. The van der Waals surface area contributed by atoms with Crippen LogP contribution in [0.5, 0.6) is 5.75 Å². The van der Waals surface area contributed by atoms with E-state index < -0.39 is 0 Å². The minimum Gasteiger partial charge on any atom is -0.485 e. The standard InChI is InChI=1S/C15H13Br2N3O/c1-20-14-5-3-2-4-10(14)13(19-20)8-21-15-11(16)6-9(18)7-12(15)17/h2-7H,8,18H2,1H3. The zero-order chi connectivity index (χ0) is 15.0. The average Bonchev–Trinajstić information content (AvgIpc) is 2.75. The molecule has 0 atom stereocenters. The summed E-state index contributed by atoms with van der Waals surface area (Å²) in [6, 6.07) is 11.7. The summed E-state index contributed by atoms with van der Waals surface area (Å²) in [6.07, 6.45) is 0. The van der Waals surface area contributed by atoms with Gasteiger partial charge < -0.3 is 10.5 Å². The first kappa shape index (κ1) is 14.4. The van der Waals surface area contributed by atoms with Crippen LogP contribution in [-0.2, 0) is 13.7 Å². The summed E-state index contributed by atoms with van der Waals surface area (Å²) in [5.41, 5.74) is 8.45. The molecule has 108 valence electrons. The normalized spacial score (nSPS) is 11.0. The monoisotopic (exact) mass is 409 g/mol. The van der Waals surface area contributed by atoms with Crippen LogP contribution in [0.2, 0.25) is 0 Å². The fourth-order valence-corrected chi connectivity index (χ4v) is 3.70. The smallest absolute Gasteiger partial charge is 0.148 e. The van der Waals surface area contributed by atoms with E-state index in [1.54, 1.807) is 0 Å². The van der Waals surface area contributed by atoms with Crippen LogP contribution in [0.3, 0.4) is 0 Å². The molecule has 0 aliphatic rings. The quantitative estimate of drug-likeness (QED) is 0.656. The fraction of sp³-hybridized carbons (Fsp3) is 0.133. The molecule has 0 fully saturated rings. The van der Waals surface area contributed by atoms with Crippen LogP contribution in [0.1, 0.15) is 5.69 Å². The maximum Gasteiger partial charge on any atom is 0.148 e. The lowest BCUT2D eigenvalue weighted by Gasteiger charge is -2.10. The second-order valence-electron chi connectivity index (χ2n) is 4.69. The molecule has 4 nitrogen and oxygen atoms in total. The second kappa shape index (κ2) is 5.69. The SMILES string of the molecule is Cn1nc(COc2c(Br)cc(N)cc2Br)c2ccccc21. The van der Waals surface area contributed by atoms with Crippen molar-refractivity contribution in [1.82, 2.24) is 9.78 Å². The summed E-state index contributed by atoms with van der Waals surface area (Å²) in [5, 5.41) is 5.62. The number of fused-ring (bicyclic) bond motifs is 1. The Balaban J connectivity index is 1.91. The highest BCUT2D eigenvalue weighted by Gasteiger charge is 2.12. The van der Waals surface area contributed by atoms with E-state index in [9.17, 15) is 0 Å². The van der Waals surface area contributed by atoms with Crippen LogP contribution in [0.4, 0.5) is 5.69 Å². The molecule has 3 rings (SSSR count). The molecule has 0 radical (unpaired) electrons. The summed E-state index contributed by atoms with van der Waals surface area (Å²) in [4.78, 5) is 0. The summed E-state index contributed by atoms with van der Waals surface area (Å²) in [5.74, 6) is 0.721. The third kappa shape index (κ3) is 2.78. The molecule has 0 bridgehead atoms. The largest absolute Gasteiger partial charge is 0.485 e. The highest BCUT2D eigenvalue weighted by atomic mass is 79.9. The minimum atomic E-state index is 0.391. The van der Waals surface area contributed by atoms with Crippen molar-refractivity contribution < 1.29 is 4.74 Å². The summed E-state index contributed by atoms with van der Waals surface area (Å²) < 4.78 is 9.40. The molecule has 0 spiro atoms. The average molecular weight is 411 g/mol. The van der Waals surface area contributed by atoms with E-state index in [0.717, 1.165) is 31.3 Å². The summed E-state index contributed by atoms with van der Waals surface area (Å²) in [7, 11) is 1.93. The van der Waals surface area contributed by atoms with Gasteiger partial charge in [0.05, 0.1) is 14.5 Å². The first-order chi connectivity index (χ1) is 10.1. The molecule has 0 aliphatic carbocycles. The van der Waals surface area contributed by atoms with Gasteiger partial charge in [0, 0.05) is 18.1 Å². The zero-order valence-electron chi connectivity index (χ0n) is 11.3. The topological polar surface area (TPSA) is 53.1 Å². The zero-order valence-corrected chi connectivity index (χ0v) is 14.5. The third-order valence-corrected chi connectivity index (χ3v) is 4.39. The number of hydrogen-bond acceptors (Lipinski definition) is 3. The Morgan fingerprint density at radius 3 is 2.57 bits per heavy atom. The highest BCUT2D eigenvalue weighted by molar-refractivity contribution is 9.11. The molecule has 2 aromatic carbocycles. The number of halogens is 2. The molecular formula is C15H13Br2N3O. The number of nitrogen functional groups attached to an aromatic ring is 1. The van der Waals surface area contributed by atoms with Gasteiger partial charge in [0.2, 0.25) is 0 Å². The van der Waals surface area contributed by atoms with E-state index in [4.69, 9.17) is 10.5 Å². The van der Waals surface area contributed by atoms with Crippen molar-refractivity contribution in [3.05, 3.63) is 51.0 Å². The lowest BCUT2D eigenvalue weighted by Crippen LogP contribution is -2.00. The van der Waals surface area contributed by atoms with Crippen molar-refractivity contribution in [2.24, 2.45) is 7.05 Å². The second-order valence-corrected chi connectivity index (χ2v) is 6.40. The molecule has 6 heteroatoms. The Morgan fingerprint density at radius 1 is 1.19 bits per heavy atom. The summed E-state index contributed by atoms with van der Waals surface area (Å²) in [6.45, 7) is 0.391. The van der Waals surface area contributed by atoms with Crippen LogP contribution in [0.25, 0.3) is 10.9 Å². The lowest BCUT2D eigenvalue weighted by atomic mass is 10.2. The van der Waals surface area contributed by atoms with Crippen LogP contribution < -0.4 is 10.5 Å². The van der Waals surface area contributed by atoms with E-state index >= 15 is 0 Å². The molecule has 0 amide bonds. The van der Waals surface area contributed by atoms with E-state index in [2.05, 4.69) is 37.0 Å². The Kier molecular flexibility index (Phi) is 3.91. The number of nitrogens with zero attached hydrogens (tertiary/aromatic N) is 2. The highest BCUT2D eigenvalue weighted by Crippen LogP contribution is 2.36. The number of hydrogen-bond donors (Lipinski definition) is 1. The van der Waals surface area contributed by atoms with Crippen LogP contribution in [-0.4, -0.2) is 9.78 Å². The molecule has 21 heavy (non-hydrogen) atoms. The molecule has 0 saturated heterocycles. The molecule has 1 heterocycles. The number of rotatable bonds is 3. The van der Waals surface area contributed by atoms with E-state index in [0.29, 0.717) is 12.3 Å². The first-order valence-electron chi connectivity index (χ1n) is 6.34. The molecule has 0 unspecified atom stereocenters. The minimum absolute atomic E-state index is 0.391. The van der Waals surface area contributed by atoms with Gasteiger partial charge in [-0.2, -0.15) is 5.10 Å². The van der Waals surface area contributed by atoms with Gasteiger partial charge in [-0.25, -0.2) is 0 Å². The van der Waals surface area contributed by atoms with Gasteiger partial charge in [-0.15, -0.1) is 0 Å². The van der Waals surface area contributed by atoms with Gasteiger partial charge in [-0.05, 0) is 50.1 Å². The van der Waals surface area contributed by atoms with Crippen molar-refractivity contribution in [2.75, 3.05) is 5.73 Å². The number of benzene rings is 2. The molecular weight excluding hydrogens is 398 g/mol. The number of para-hydroxylation sites is 1. The van der Waals surface area contributed by atoms with Gasteiger partial charge in [0.1, 0.15) is 18.1 Å². The van der Waals surface area contributed by atoms with E-state index in [1.165, 1.54) is 0 Å². The number of nitrogens with two attached hydrogens (primary N) is 1. The van der Waals surface area contributed by atoms with E-state index in [-0.39, 0.29) is 0 Å². The molecule has 0 aliphatic heterocycles. The number of anilines is 1. The fourth-order valence-electron chi connectivity index (χ4n) is 2.25. The predicted octanol–water partition coefficient (Wildman–Crippen LogP) is 4.26. The number of aromatic nitrogens is 2. The molecule has 3 aromatic rings. The number of ether oxygens (including phenoxy) is 1. The third-order valence-electron chi connectivity index (χ3n) is 3.21. The Labute approximate surface area is 139 Å². The van der Waals surface area contributed by atoms with Crippen molar-refractivity contribution in [3.8, 4) is 5.75 Å². The lowest BCUT2D eigenvalue weighted by molar-refractivity contribution is 0.297. The van der Waals surface area contributed by atoms with Gasteiger partial charge in [0.15, 0.2) is 0 Å². The van der Waals surface area contributed by atoms with Crippen LogP contribution in [0.15, 0.2) is 45.3 Å². The molecule has 1 aromatic heterocycles. The van der Waals surface area contributed by atoms with Crippen molar-refractivity contribution in [1.29, 1.82) is 0 Å². The number of aryl methyl sites for hydroxylation is 1. The molecule has 0 saturated carbocycles. The summed E-state index contributed by atoms with van der Waals surface area (Å²) >= 11 is 6.93. The van der Waals surface area contributed by atoms with Crippen molar-refractivity contribution in [3.63, 3.8) is 0 Å². The van der Waals surface area contributed by atoms with Gasteiger partial charge in [-0.3, -0.25) is 4.68 Å². The van der Waals surface area contributed by atoms with Crippen LogP contribution in [0, 0.1) is 0 Å². The van der Waals surface area contributed by atoms with Gasteiger partial charge in [-0.1, -0.05) is 18.2 Å². The van der Waals surface area contributed by atoms with Gasteiger partial charge >= 0.3 is 0 Å². The van der Waals surface area contributed by atoms with Crippen molar-refractivity contribution in [2.45, 2.75) is 6.61 Å². The maximum atomic E-state index is 5.90. The Bertz CT molecular complexity index is 791. The Hall–Kier alpha value is -1.53. The van der Waals surface area contributed by atoms with E-state index in [1.807, 2.05) is 48.1 Å². The van der Waals surface area contributed by atoms with Crippen LogP contribution >= 0.6 is 31.9 Å².